The maximum absolute atomic E-state index is 8.97. The first-order chi connectivity index (χ1) is 5.38. The van der Waals surface area contributed by atoms with E-state index in [1.165, 1.54) is 0 Å². The van der Waals surface area contributed by atoms with Crippen LogP contribution in [0, 0.1) is 0 Å². The van der Waals surface area contributed by atoms with Gasteiger partial charge in [-0.1, -0.05) is 0 Å². The van der Waals surface area contributed by atoms with Crippen molar-refractivity contribution in [3.63, 3.8) is 0 Å². The van der Waals surface area contributed by atoms with E-state index in [0.29, 0.717) is 0 Å². The molecule has 11 heavy (non-hydrogen) atoms. The summed E-state index contributed by atoms with van der Waals surface area (Å²) >= 11 is 0. The van der Waals surface area contributed by atoms with Crippen LogP contribution in [0.4, 0.5) is 0 Å². The smallest absolute Gasteiger partial charge is 0.0526 e. The van der Waals surface area contributed by atoms with Crippen LogP contribution >= 0.6 is 0 Å². The van der Waals surface area contributed by atoms with E-state index in [1.54, 1.807) is 0 Å². The monoisotopic (exact) mass is 154 g/mol. The second kappa shape index (κ2) is 4.16. The molecular formula is C8H14N2O. The van der Waals surface area contributed by atoms with Gasteiger partial charge in [-0.25, -0.2) is 0 Å². The molecule has 3 nitrogen and oxygen atoms in total. The van der Waals surface area contributed by atoms with Gasteiger partial charge < -0.3 is 15.4 Å². The molecule has 1 atom stereocenters. The van der Waals surface area contributed by atoms with Gasteiger partial charge in [0.25, 0.3) is 0 Å². The molecule has 3 N–H and O–H groups in total. The van der Waals surface area contributed by atoms with Crippen LogP contribution in [0.25, 0.3) is 0 Å². The minimum Gasteiger partial charge on any atom is -0.396 e. The summed E-state index contributed by atoms with van der Waals surface area (Å²) in [6.07, 6.45) is 1.87. The molecule has 0 fully saturated rings. The Morgan fingerprint density at radius 2 is 2.55 bits per heavy atom. The number of likely N-dealkylation sites (N-methyl/N-ethyl adjacent to an activating group) is 1. The molecule has 0 bridgehead atoms. The summed E-state index contributed by atoms with van der Waals surface area (Å²) in [5.41, 5.74) is 1.09. The van der Waals surface area contributed by atoms with E-state index in [1.807, 2.05) is 25.4 Å². The molecular weight excluding hydrogens is 140 g/mol. The number of H-pyrrole nitrogens is 1. The van der Waals surface area contributed by atoms with Crippen molar-refractivity contribution in [1.29, 1.82) is 0 Å². The van der Waals surface area contributed by atoms with E-state index >= 15 is 0 Å². The molecule has 1 unspecified atom stereocenters. The summed E-state index contributed by atoms with van der Waals surface area (Å²) in [5.74, 6) is 0.190. The van der Waals surface area contributed by atoms with Gasteiger partial charge in [0.1, 0.15) is 0 Å². The molecule has 0 aliphatic carbocycles. The minimum absolute atomic E-state index is 0.182. The third-order valence-electron chi connectivity index (χ3n) is 1.73. The Morgan fingerprint density at radius 3 is 3.00 bits per heavy atom. The first-order valence-corrected chi connectivity index (χ1v) is 3.77. The molecule has 0 amide bonds. The van der Waals surface area contributed by atoms with Crippen molar-refractivity contribution in [2.75, 3.05) is 20.2 Å². The van der Waals surface area contributed by atoms with Crippen molar-refractivity contribution >= 4 is 0 Å². The highest BCUT2D eigenvalue weighted by molar-refractivity contribution is 5.10. The molecule has 1 rings (SSSR count). The first kappa shape index (κ1) is 8.30. The van der Waals surface area contributed by atoms with Gasteiger partial charge in [-0.2, -0.15) is 0 Å². The highest BCUT2D eigenvalue weighted by Crippen LogP contribution is 2.10. The van der Waals surface area contributed by atoms with Crippen LogP contribution in [0.3, 0.4) is 0 Å². The Bertz CT molecular complexity index is 184. The summed E-state index contributed by atoms with van der Waals surface area (Å²) in [5, 5.41) is 12.0. The van der Waals surface area contributed by atoms with Gasteiger partial charge >= 0.3 is 0 Å². The van der Waals surface area contributed by atoms with Gasteiger partial charge in [0.05, 0.1) is 6.61 Å². The number of aromatic nitrogens is 1. The Hall–Kier alpha value is -0.800. The second-order valence-electron chi connectivity index (χ2n) is 2.56. The van der Waals surface area contributed by atoms with Crippen LogP contribution in [-0.4, -0.2) is 30.3 Å². The van der Waals surface area contributed by atoms with Crippen LogP contribution in [0.15, 0.2) is 18.3 Å². The number of aromatic amines is 1. The lowest BCUT2D eigenvalue weighted by Gasteiger charge is -2.10. The third kappa shape index (κ3) is 2.06. The number of nitrogens with one attached hydrogen (secondary N) is 2. The molecule has 0 spiro atoms. The minimum atomic E-state index is 0.182. The lowest BCUT2D eigenvalue weighted by atomic mass is 10.1. The van der Waals surface area contributed by atoms with Crippen LogP contribution < -0.4 is 5.32 Å². The summed E-state index contributed by atoms with van der Waals surface area (Å²) in [6, 6.07) is 3.92. The maximum Gasteiger partial charge on any atom is 0.0526 e. The van der Waals surface area contributed by atoms with E-state index in [0.717, 1.165) is 12.2 Å². The Kier molecular flexibility index (Phi) is 3.14. The van der Waals surface area contributed by atoms with Crippen molar-refractivity contribution in [2.45, 2.75) is 5.92 Å². The zero-order chi connectivity index (χ0) is 8.10. The number of hydrogen-bond donors (Lipinski definition) is 3. The molecule has 1 aromatic rings. The largest absolute Gasteiger partial charge is 0.396 e. The van der Waals surface area contributed by atoms with E-state index in [-0.39, 0.29) is 12.5 Å². The summed E-state index contributed by atoms with van der Waals surface area (Å²) in [4.78, 5) is 3.07. The normalized spacial score (nSPS) is 13.3. The highest BCUT2D eigenvalue weighted by Gasteiger charge is 2.08. The van der Waals surface area contributed by atoms with Crippen molar-refractivity contribution < 1.29 is 5.11 Å². The number of hydrogen-bond acceptors (Lipinski definition) is 2. The zero-order valence-corrected chi connectivity index (χ0v) is 6.67. The fraction of sp³-hybridized carbons (Fsp3) is 0.500. The number of aliphatic hydroxyl groups excluding tert-OH is 1. The quantitative estimate of drug-likeness (QED) is 0.584. The average molecular weight is 154 g/mol. The molecule has 3 heteroatoms. The predicted octanol–water partition coefficient (Wildman–Crippen LogP) is 0.310. The van der Waals surface area contributed by atoms with E-state index in [4.69, 9.17) is 5.11 Å². The third-order valence-corrected chi connectivity index (χ3v) is 1.73. The van der Waals surface area contributed by atoms with Crippen LogP contribution in [0.2, 0.25) is 0 Å². The summed E-state index contributed by atoms with van der Waals surface area (Å²) in [7, 11) is 1.88. The zero-order valence-electron chi connectivity index (χ0n) is 6.67. The van der Waals surface area contributed by atoms with Crippen LogP contribution in [0.5, 0.6) is 0 Å². The van der Waals surface area contributed by atoms with Gasteiger partial charge in [0.2, 0.25) is 0 Å². The average Bonchev–Trinajstić information content (AvgIpc) is 2.52. The van der Waals surface area contributed by atoms with Crippen molar-refractivity contribution in [3.05, 3.63) is 24.0 Å². The van der Waals surface area contributed by atoms with E-state index in [2.05, 4.69) is 10.3 Å². The van der Waals surface area contributed by atoms with E-state index in [9.17, 15) is 0 Å². The predicted molar refractivity (Wildman–Crippen MR) is 44.5 cm³/mol. The van der Waals surface area contributed by atoms with Gasteiger partial charge in [-0.15, -0.1) is 0 Å². The SMILES string of the molecule is CNCC(CO)c1ccc[nH]1. The maximum atomic E-state index is 8.97. The highest BCUT2D eigenvalue weighted by atomic mass is 16.3. The van der Waals surface area contributed by atoms with E-state index < -0.39 is 0 Å². The molecule has 0 saturated carbocycles. The lowest BCUT2D eigenvalue weighted by Crippen LogP contribution is -2.20. The summed E-state index contributed by atoms with van der Waals surface area (Å²) < 4.78 is 0. The van der Waals surface area contributed by atoms with Crippen molar-refractivity contribution in [3.8, 4) is 0 Å². The van der Waals surface area contributed by atoms with Gasteiger partial charge in [-0.05, 0) is 19.2 Å². The van der Waals surface area contributed by atoms with Gasteiger partial charge in [0, 0.05) is 24.4 Å². The topological polar surface area (TPSA) is 48.0 Å². The van der Waals surface area contributed by atoms with Crippen LogP contribution in [-0.2, 0) is 0 Å². The molecule has 0 aromatic carbocycles. The molecule has 0 saturated heterocycles. The molecule has 0 radical (unpaired) electrons. The van der Waals surface area contributed by atoms with Gasteiger partial charge in [-0.3, -0.25) is 0 Å². The van der Waals surface area contributed by atoms with Gasteiger partial charge in [0.15, 0.2) is 0 Å². The molecule has 1 aromatic heterocycles. The molecule has 1 heterocycles. The fourth-order valence-corrected chi connectivity index (χ4v) is 1.12. The Labute approximate surface area is 66.4 Å². The molecule has 62 valence electrons. The van der Waals surface area contributed by atoms with Crippen LogP contribution in [0.1, 0.15) is 11.6 Å². The molecule has 0 aliphatic heterocycles. The fourth-order valence-electron chi connectivity index (χ4n) is 1.12. The standard InChI is InChI=1S/C8H14N2O/c1-9-5-7(6-11)8-3-2-4-10-8/h2-4,7,9-11H,5-6H2,1H3. The Morgan fingerprint density at radius 1 is 1.73 bits per heavy atom. The van der Waals surface area contributed by atoms with Crippen molar-refractivity contribution in [1.82, 2.24) is 10.3 Å². The summed E-state index contributed by atoms with van der Waals surface area (Å²) in [6.45, 7) is 0.984. The lowest BCUT2D eigenvalue weighted by molar-refractivity contribution is 0.261. The first-order valence-electron chi connectivity index (χ1n) is 3.77. The second-order valence-corrected chi connectivity index (χ2v) is 2.56. The number of rotatable bonds is 4. The number of aliphatic hydroxyl groups is 1. The molecule has 0 aliphatic rings. The van der Waals surface area contributed by atoms with Crippen molar-refractivity contribution in [2.24, 2.45) is 0 Å². The Balaban J connectivity index is 2.56.